The Labute approximate surface area is 544 Å². The van der Waals surface area contributed by atoms with E-state index in [1.165, 1.54) is 35.4 Å². The Kier molecular flexibility index (Phi) is 31.0. The minimum Gasteiger partial charge on any atom is -0.494 e. The minimum atomic E-state index is -1.32. The van der Waals surface area contributed by atoms with Crippen molar-refractivity contribution in [2.24, 2.45) is 0 Å². The van der Waals surface area contributed by atoms with Crippen LogP contribution in [0.5, 0.6) is 11.5 Å². The van der Waals surface area contributed by atoms with Crippen molar-refractivity contribution in [3.8, 4) is 23.4 Å². The highest BCUT2D eigenvalue weighted by atomic mass is 19.1. The number of nitriles is 1. The molecule has 6 N–H and O–H groups in total. The number of benzene rings is 2. The van der Waals surface area contributed by atoms with Gasteiger partial charge in [-0.1, -0.05) is 35.5 Å². The number of aromatic nitrogens is 8. The molecule has 1 saturated heterocycles. The smallest absolute Gasteiger partial charge is 0.313 e. The van der Waals surface area contributed by atoms with Crippen molar-refractivity contribution in [3.05, 3.63) is 113 Å². The summed E-state index contributed by atoms with van der Waals surface area (Å²) in [5, 5.41) is 51.5. The minimum absolute atomic E-state index is 0.0252. The van der Waals surface area contributed by atoms with E-state index >= 15 is 0 Å². The van der Waals surface area contributed by atoms with Crippen LogP contribution in [0.1, 0.15) is 64.3 Å². The number of hydrogen-bond acceptors (Lipinski definition) is 24. The lowest BCUT2D eigenvalue weighted by Gasteiger charge is -2.31. The zero-order chi connectivity index (χ0) is 67.6. The van der Waals surface area contributed by atoms with E-state index in [-0.39, 0.29) is 126 Å². The van der Waals surface area contributed by atoms with E-state index in [1.807, 2.05) is 30.3 Å². The number of nitrogens with one attached hydrogen (secondary N) is 4. The summed E-state index contributed by atoms with van der Waals surface area (Å²) >= 11 is 0. The highest BCUT2D eigenvalue weighted by Gasteiger charge is 2.32. The number of rotatable bonds is 45. The maximum atomic E-state index is 13.8. The molecule has 514 valence electrons. The topological polar surface area (TPSA) is 371 Å². The number of carbonyl (C=O) groups is 5. The fourth-order valence-electron chi connectivity index (χ4n) is 9.32. The summed E-state index contributed by atoms with van der Waals surface area (Å²) in [7, 11) is 1.41. The Bertz CT molecular complexity index is 3460. The zero-order valence-corrected chi connectivity index (χ0v) is 52.5. The van der Waals surface area contributed by atoms with Gasteiger partial charge >= 0.3 is 5.97 Å². The average molecular weight is 1330 g/mol. The number of aliphatic hydroxyl groups is 2. The number of ether oxygens (including phenoxy) is 10. The third kappa shape index (κ3) is 23.3. The number of aromatic amines is 1. The molecule has 2 aromatic carbocycles. The van der Waals surface area contributed by atoms with E-state index < -0.39 is 65.5 Å². The molecule has 0 radical (unpaired) electrons. The molecular weight excluding hydrogens is 1260 g/mol. The van der Waals surface area contributed by atoms with E-state index in [9.17, 15) is 52.6 Å². The molecular formula is C62H78F3N13O17. The standard InChI is InChI=1S/C62H78F3N13O17/c1-86-51-36-69-59(55-54(51)48(35-68-55)56(83)61(85)76-14-8-44(9-15-76)47(34-66)43-6-3-2-4-7-43)78-42-71-58(74-78)60(84)67-12-5-13-72-62(40-79,41-80)39-70-52(81)10-17-87-20-23-90-28-29-93-30-31-94-38-46-37-77(75-73-46)16-19-89-22-25-92-27-26-91-24-21-88-18-11-53(82)95-57-49(64)32-45(63)33-50(57)65/h2-4,6-7,32-33,35-37,42,68,72,79-80H,5,8-31,38-41H2,1H3,(H,67,84)(H,70,81). The van der Waals surface area contributed by atoms with Crippen molar-refractivity contribution in [3.63, 3.8) is 0 Å². The number of piperidine rings is 1. The molecule has 30 nitrogen and oxygen atoms in total. The number of methoxy groups -OCH3 is 1. The Morgan fingerprint density at radius 2 is 1.37 bits per heavy atom. The quantitative estimate of drug-likeness (QED) is 0.00797. The number of likely N-dealkylation sites (tertiary alicyclic amines) is 1. The van der Waals surface area contributed by atoms with Crippen molar-refractivity contribution >= 4 is 46.0 Å². The third-order valence-electron chi connectivity index (χ3n) is 14.4. The van der Waals surface area contributed by atoms with Crippen LogP contribution < -0.4 is 25.4 Å². The lowest BCUT2D eigenvalue weighted by atomic mass is 9.93. The van der Waals surface area contributed by atoms with Crippen molar-refractivity contribution in [1.29, 1.82) is 5.26 Å². The Hall–Kier alpha value is -8.66. The summed E-state index contributed by atoms with van der Waals surface area (Å²) in [5.41, 5.74) is 2.05. The van der Waals surface area contributed by atoms with Crippen LogP contribution in [0.25, 0.3) is 22.3 Å². The third-order valence-corrected chi connectivity index (χ3v) is 14.4. The molecule has 1 aliphatic rings. The van der Waals surface area contributed by atoms with E-state index in [0.717, 1.165) is 11.1 Å². The van der Waals surface area contributed by atoms with Gasteiger partial charge in [0.1, 0.15) is 23.6 Å². The van der Waals surface area contributed by atoms with E-state index in [1.54, 1.807) is 10.9 Å². The summed E-state index contributed by atoms with van der Waals surface area (Å²) in [4.78, 5) is 78.0. The van der Waals surface area contributed by atoms with E-state index in [0.29, 0.717) is 114 Å². The van der Waals surface area contributed by atoms with Gasteiger partial charge in [0.15, 0.2) is 17.5 Å². The van der Waals surface area contributed by atoms with Gasteiger partial charge in [0, 0.05) is 50.9 Å². The van der Waals surface area contributed by atoms with Crippen LogP contribution in [-0.2, 0) is 65.4 Å². The second kappa shape index (κ2) is 39.9. The van der Waals surface area contributed by atoms with Gasteiger partial charge in [0.25, 0.3) is 17.6 Å². The molecule has 1 fully saturated rings. The maximum Gasteiger partial charge on any atom is 0.313 e. The summed E-state index contributed by atoms with van der Waals surface area (Å²) in [6.07, 6.45) is 6.80. The number of fused-ring (bicyclic) bond motifs is 1. The number of ketones is 1. The molecule has 5 heterocycles. The molecule has 33 heteroatoms. The normalized spacial score (nSPS) is 12.5. The van der Waals surface area contributed by atoms with Crippen LogP contribution in [0.2, 0.25) is 0 Å². The number of carbonyl (C=O) groups excluding carboxylic acids is 5. The number of aliphatic hydroxyl groups excluding tert-OH is 2. The first-order valence-electron chi connectivity index (χ1n) is 30.6. The van der Waals surface area contributed by atoms with Crippen LogP contribution in [0, 0.1) is 28.8 Å². The number of hydrogen-bond donors (Lipinski definition) is 6. The van der Waals surface area contributed by atoms with Gasteiger partial charge in [-0.3, -0.25) is 24.0 Å². The number of H-pyrrole nitrogens is 1. The maximum absolute atomic E-state index is 13.8. The summed E-state index contributed by atoms with van der Waals surface area (Å²) < 4.78 is 97.1. The molecule has 0 saturated carbocycles. The number of Topliss-reactive ketones (excluding diaryl/α,β-unsaturated/α-hetero) is 1. The van der Waals surface area contributed by atoms with Crippen molar-refractivity contribution in [2.75, 3.05) is 152 Å². The second-order valence-corrected chi connectivity index (χ2v) is 21.1. The summed E-state index contributed by atoms with van der Waals surface area (Å²) in [6.45, 7) is 4.52. The monoisotopic (exact) mass is 1330 g/mol. The van der Waals surface area contributed by atoms with Crippen molar-refractivity contribution in [1.82, 2.24) is 60.6 Å². The molecule has 0 unspecified atom stereocenters. The molecule has 0 atom stereocenters. The molecule has 4 aromatic heterocycles. The van der Waals surface area contributed by atoms with Crippen LogP contribution in [-0.4, -0.2) is 242 Å². The molecule has 0 bridgehead atoms. The first-order valence-corrected chi connectivity index (χ1v) is 30.6. The van der Waals surface area contributed by atoms with Crippen molar-refractivity contribution < 1.29 is 94.7 Å². The largest absolute Gasteiger partial charge is 0.494 e. The molecule has 6 aromatic rings. The molecule has 1 aliphatic heterocycles. The van der Waals surface area contributed by atoms with Crippen LogP contribution in [0.4, 0.5) is 13.2 Å². The summed E-state index contributed by atoms with van der Waals surface area (Å²) in [6, 6.07) is 12.4. The number of allylic oxidation sites excluding steroid dienone is 1. The van der Waals surface area contributed by atoms with Gasteiger partial charge in [-0.05, 0) is 36.9 Å². The number of nitrogens with zero attached hydrogens (tertiary/aromatic N) is 9. The Morgan fingerprint density at radius 1 is 0.758 bits per heavy atom. The predicted molar refractivity (Wildman–Crippen MR) is 328 cm³/mol. The van der Waals surface area contributed by atoms with Gasteiger partial charge in [0.05, 0.1) is 185 Å². The first-order chi connectivity index (χ1) is 46.3. The molecule has 0 spiro atoms. The Balaban J connectivity index is 0.655. The fourth-order valence-corrected chi connectivity index (χ4v) is 9.32. The highest BCUT2D eigenvalue weighted by Crippen LogP contribution is 2.33. The lowest BCUT2D eigenvalue weighted by molar-refractivity contribution is -0.136. The van der Waals surface area contributed by atoms with Gasteiger partial charge in [-0.2, -0.15) is 9.94 Å². The molecule has 7 rings (SSSR count). The van der Waals surface area contributed by atoms with E-state index in [2.05, 4.69) is 57.1 Å². The lowest BCUT2D eigenvalue weighted by Crippen LogP contribution is -2.59. The molecule has 95 heavy (non-hydrogen) atoms. The van der Waals surface area contributed by atoms with Gasteiger partial charge < -0.3 is 83.4 Å². The molecule has 3 amide bonds. The number of esters is 1. The first kappa shape index (κ1) is 73.7. The van der Waals surface area contributed by atoms with Crippen LogP contribution in [0.15, 0.2) is 73.0 Å². The van der Waals surface area contributed by atoms with E-state index in [4.69, 9.17) is 42.6 Å². The second-order valence-electron chi connectivity index (χ2n) is 21.1. The highest BCUT2D eigenvalue weighted by molar-refractivity contribution is 6.45. The Morgan fingerprint density at radius 3 is 1.99 bits per heavy atom. The van der Waals surface area contributed by atoms with Crippen LogP contribution in [0.3, 0.4) is 0 Å². The molecule has 0 aliphatic carbocycles. The van der Waals surface area contributed by atoms with Crippen molar-refractivity contribution in [2.45, 2.75) is 50.8 Å². The predicted octanol–water partition coefficient (Wildman–Crippen LogP) is 2.21. The zero-order valence-electron chi connectivity index (χ0n) is 52.5. The summed E-state index contributed by atoms with van der Waals surface area (Å²) in [5.74, 6) is -7.88. The van der Waals surface area contributed by atoms with Crippen LogP contribution >= 0.6 is 0 Å². The number of amides is 3. The number of pyridine rings is 1. The van der Waals surface area contributed by atoms with Gasteiger partial charge in [-0.15, -0.1) is 10.2 Å². The SMILES string of the molecule is COc1cnc(-n2cnc(C(=O)NCCCNC(CO)(CO)CNC(=O)CCOCCOCCOCCOCc3cn(CCOCCOCCOCCOCCC(=O)Oc4c(F)cc(F)cc4F)nn3)n2)c2[nH]cc(C(=O)C(=O)N3CCC(=C(C#N)c4ccccc4)CC3)c12. The number of halogens is 3. The fraction of sp³-hybridized carbons (Fsp3) is 0.500. The van der Waals surface area contributed by atoms with Gasteiger partial charge in [-0.25, -0.2) is 27.8 Å². The average Bonchev–Trinajstić information content (AvgIpc) is 1.64. The van der Waals surface area contributed by atoms with Gasteiger partial charge in [0.2, 0.25) is 17.5 Å².